The number of carbonyl (C=O) groups excluding carboxylic acids is 2. The van der Waals surface area contributed by atoms with E-state index in [-0.39, 0.29) is 11.8 Å². The van der Waals surface area contributed by atoms with Crippen molar-refractivity contribution in [1.29, 1.82) is 5.26 Å². The summed E-state index contributed by atoms with van der Waals surface area (Å²) in [7, 11) is 0. The summed E-state index contributed by atoms with van der Waals surface area (Å²) in [4.78, 5) is 27.9. The van der Waals surface area contributed by atoms with Crippen LogP contribution in [0.1, 0.15) is 27.0 Å². The summed E-state index contributed by atoms with van der Waals surface area (Å²) in [6.07, 6.45) is 0.455. The van der Waals surface area contributed by atoms with Gasteiger partial charge in [0.15, 0.2) is 0 Å². The van der Waals surface area contributed by atoms with Crippen LogP contribution in [0, 0.1) is 11.3 Å². The lowest BCUT2D eigenvalue weighted by Gasteiger charge is -2.36. The molecule has 0 bridgehead atoms. The molecule has 0 fully saturated rings. The largest absolute Gasteiger partial charge is 0.324 e. The minimum absolute atomic E-state index is 0.167. The maximum atomic E-state index is 13.2. The summed E-state index contributed by atoms with van der Waals surface area (Å²) in [6.45, 7) is 0.384. The minimum atomic E-state index is -0.617. The van der Waals surface area contributed by atoms with Crippen molar-refractivity contribution in [2.45, 2.75) is 19.0 Å². The van der Waals surface area contributed by atoms with Crippen molar-refractivity contribution in [2.24, 2.45) is 0 Å². The Bertz CT molecular complexity index is 1090. The summed E-state index contributed by atoms with van der Waals surface area (Å²) < 4.78 is 0. The van der Waals surface area contributed by atoms with Crippen molar-refractivity contribution < 1.29 is 9.59 Å². The molecule has 0 aliphatic carbocycles. The number of rotatable bonds is 3. The lowest BCUT2D eigenvalue weighted by atomic mass is 9.92. The van der Waals surface area contributed by atoms with Gasteiger partial charge in [-0.2, -0.15) is 5.26 Å². The van der Waals surface area contributed by atoms with Gasteiger partial charge in [0.05, 0.1) is 11.6 Å². The average Bonchev–Trinajstić information content (AvgIpc) is 2.78. The second kappa shape index (κ2) is 7.99. The van der Waals surface area contributed by atoms with Gasteiger partial charge in [0.25, 0.3) is 5.91 Å². The van der Waals surface area contributed by atoms with Crippen molar-refractivity contribution in [3.05, 3.63) is 101 Å². The fourth-order valence-corrected chi connectivity index (χ4v) is 3.57. The third-order valence-electron chi connectivity index (χ3n) is 5.11. The summed E-state index contributed by atoms with van der Waals surface area (Å²) in [6, 6.07) is 25.0. The van der Waals surface area contributed by atoms with E-state index in [4.69, 9.17) is 5.26 Å². The molecule has 3 aromatic rings. The molecule has 2 amide bonds. The molecule has 0 spiro atoms. The number of benzene rings is 3. The van der Waals surface area contributed by atoms with Gasteiger partial charge in [-0.3, -0.25) is 9.59 Å². The Morgan fingerprint density at radius 3 is 2.24 bits per heavy atom. The van der Waals surface area contributed by atoms with Gasteiger partial charge < -0.3 is 10.2 Å². The molecular formula is C24H19N3O2. The first-order chi connectivity index (χ1) is 14.2. The lowest BCUT2D eigenvalue weighted by molar-refractivity contribution is -0.121. The summed E-state index contributed by atoms with van der Waals surface area (Å²) >= 11 is 0. The van der Waals surface area contributed by atoms with Gasteiger partial charge in [-0.1, -0.05) is 42.5 Å². The highest BCUT2D eigenvalue weighted by Gasteiger charge is 2.35. The number of anilines is 1. The Hall–Kier alpha value is -3.91. The molecule has 29 heavy (non-hydrogen) atoms. The number of carbonyl (C=O) groups is 2. The number of amides is 2. The molecule has 0 radical (unpaired) electrons. The van der Waals surface area contributed by atoms with Crippen molar-refractivity contribution in [3.8, 4) is 6.07 Å². The Balaban J connectivity index is 1.63. The Morgan fingerprint density at radius 1 is 0.897 bits per heavy atom. The Morgan fingerprint density at radius 2 is 1.55 bits per heavy atom. The second-order valence-electron chi connectivity index (χ2n) is 6.97. The van der Waals surface area contributed by atoms with Crippen LogP contribution in [0.2, 0.25) is 0 Å². The smallest absolute Gasteiger partial charge is 0.254 e. The molecule has 0 saturated heterocycles. The first kappa shape index (κ1) is 18.5. The zero-order valence-corrected chi connectivity index (χ0v) is 15.7. The van der Waals surface area contributed by atoms with Crippen LogP contribution in [0.5, 0.6) is 0 Å². The second-order valence-corrected chi connectivity index (χ2v) is 6.97. The summed E-state index contributed by atoms with van der Waals surface area (Å²) in [5.74, 6) is -0.409. The van der Waals surface area contributed by atoms with Crippen LogP contribution in [0.3, 0.4) is 0 Å². The molecule has 1 atom stereocenters. The van der Waals surface area contributed by atoms with E-state index in [1.165, 1.54) is 0 Å². The van der Waals surface area contributed by atoms with Crippen LogP contribution in [0.15, 0.2) is 78.9 Å². The van der Waals surface area contributed by atoms with E-state index < -0.39 is 6.04 Å². The molecule has 1 heterocycles. The number of nitrogens with zero attached hydrogens (tertiary/aromatic N) is 2. The van der Waals surface area contributed by atoms with Gasteiger partial charge >= 0.3 is 0 Å². The molecule has 142 valence electrons. The summed E-state index contributed by atoms with van der Waals surface area (Å²) in [5, 5.41) is 11.8. The van der Waals surface area contributed by atoms with Crippen molar-refractivity contribution in [2.75, 3.05) is 5.32 Å². The lowest BCUT2D eigenvalue weighted by Crippen LogP contribution is -2.50. The molecule has 3 aromatic carbocycles. The maximum Gasteiger partial charge on any atom is 0.254 e. The highest BCUT2D eigenvalue weighted by Crippen LogP contribution is 2.26. The van der Waals surface area contributed by atoms with E-state index in [9.17, 15) is 9.59 Å². The minimum Gasteiger partial charge on any atom is -0.324 e. The Labute approximate surface area is 169 Å². The molecule has 0 aromatic heterocycles. The molecule has 1 aliphatic heterocycles. The van der Waals surface area contributed by atoms with E-state index in [1.54, 1.807) is 41.3 Å². The van der Waals surface area contributed by atoms with Gasteiger partial charge in [0.2, 0.25) is 5.91 Å². The van der Waals surface area contributed by atoms with E-state index in [0.717, 1.165) is 11.1 Å². The van der Waals surface area contributed by atoms with Crippen LogP contribution in [-0.4, -0.2) is 22.8 Å². The first-order valence-electron chi connectivity index (χ1n) is 9.39. The third kappa shape index (κ3) is 3.87. The molecule has 0 saturated carbocycles. The predicted molar refractivity (Wildman–Crippen MR) is 110 cm³/mol. The van der Waals surface area contributed by atoms with Crippen molar-refractivity contribution in [1.82, 2.24) is 4.90 Å². The Kier molecular flexibility index (Phi) is 5.08. The topological polar surface area (TPSA) is 73.2 Å². The van der Waals surface area contributed by atoms with E-state index >= 15 is 0 Å². The van der Waals surface area contributed by atoms with Crippen LogP contribution in [-0.2, 0) is 17.8 Å². The van der Waals surface area contributed by atoms with Gasteiger partial charge in [0, 0.05) is 24.2 Å². The van der Waals surface area contributed by atoms with Gasteiger partial charge in [-0.25, -0.2) is 0 Å². The summed E-state index contributed by atoms with van der Waals surface area (Å²) in [5.41, 5.74) is 3.81. The van der Waals surface area contributed by atoms with E-state index in [0.29, 0.717) is 29.8 Å². The maximum absolute atomic E-state index is 13.2. The monoisotopic (exact) mass is 381 g/mol. The molecule has 0 unspecified atom stereocenters. The molecular weight excluding hydrogens is 362 g/mol. The fourth-order valence-electron chi connectivity index (χ4n) is 3.57. The zero-order chi connectivity index (χ0) is 20.2. The van der Waals surface area contributed by atoms with Gasteiger partial charge in [-0.15, -0.1) is 0 Å². The standard InChI is InChI=1S/C24H19N3O2/c25-15-17-10-12-21(13-11-17)26-23(28)22-14-19-8-4-5-9-20(19)16-27(22)24(29)18-6-2-1-3-7-18/h1-13,22H,14,16H2,(H,26,28)/t22-/m1/s1. The first-order valence-corrected chi connectivity index (χ1v) is 9.39. The highest BCUT2D eigenvalue weighted by atomic mass is 16.2. The predicted octanol–water partition coefficient (Wildman–Crippen LogP) is 3.76. The number of fused-ring (bicyclic) bond motifs is 1. The van der Waals surface area contributed by atoms with Gasteiger partial charge in [-0.05, 0) is 47.5 Å². The van der Waals surface area contributed by atoms with Crippen LogP contribution in [0.4, 0.5) is 5.69 Å². The number of hydrogen-bond acceptors (Lipinski definition) is 3. The third-order valence-corrected chi connectivity index (χ3v) is 5.11. The van der Waals surface area contributed by atoms with Crippen LogP contribution >= 0.6 is 0 Å². The van der Waals surface area contributed by atoms with Crippen LogP contribution < -0.4 is 5.32 Å². The quantitative estimate of drug-likeness (QED) is 0.751. The number of hydrogen-bond donors (Lipinski definition) is 1. The normalized spacial score (nSPS) is 15.1. The van der Waals surface area contributed by atoms with Gasteiger partial charge in [0.1, 0.15) is 6.04 Å². The molecule has 1 aliphatic rings. The fraction of sp³-hybridized carbons (Fsp3) is 0.125. The van der Waals surface area contributed by atoms with Crippen molar-refractivity contribution >= 4 is 17.5 Å². The number of nitriles is 1. The van der Waals surface area contributed by atoms with E-state index in [2.05, 4.69) is 11.4 Å². The highest BCUT2D eigenvalue weighted by molar-refractivity contribution is 6.01. The zero-order valence-electron chi connectivity index (χ0n) is 15.7. The molecule has 5 heteroatoms. The average molecular weight is 381 g/mol. The molecule has 4 rings (SSSR count). The SMILES string of the molecule is N#Cc1ccc(NC(=O)[C@H]2Cc3ccccc3CN2C(=O)c2ccccc2)cc1. The van der Waals surface area contributed by atoms with Crippen molar-refractivity contribution in [3.63, 3.8) is 0 Å². The molecule has 5 nitrogen and oxygen atoms in total. The van der Waals surface area contributed by atoms with Crippen LogP contribution in [0.25, 0.3) is 0 Å². The number of nitrogens with one attached hydrogen (secondary N) is 1. The van der Waals surface area contributed by atoms with E-state index in [1.807, 2.05) is 42.5 Å². The molecule has 1 N–H and O–H groups in total.